The molecule has 0 amide bonds. The van der Waals surface area contributed by atoms with E-state index in [2.05, 4.69) is 12.1 Å². The minimum Gasteiger partial charge on any atom is -0.488 e. The number of rotatable bonds is 8. The molecule has 33 heavy (non-hydrogen) atoms. The predicted octanol–water partition coefficient (Wildman–Crippen LogP) is 5.79. The summed E-state index contributed by atoms with van der Waals surface area (Å²) in [4.78, 5) is 24.6. The molecular weight excluding hydrogens is 416 g/mol. The van der Waals surface area contributed by atoms with E-state index < -0.39 is 11.6 Å². The summed E-state index contributed by atoms with van der Waals surface area (Å²) in [5.74, 6) is -0.280. The number of esters is 2. The fourth-order valence-electron chi connectivity index (χ4n) is 3.38. The maximum absolute atomic E-state index is 12.4. The Morgan fingerprint density at radius 1 is 0.758 bits per heavy atom. The Morgan fingerprint density at radius 3 is 2.09 bits per heavy atom. The monoisotopic (exact) mass is 446 g/mol. The molecule has 3 aromatic carbocycles. The highest BCUT2D eigenvalue weighted by molar-refractivity contribution is 5.93. The van der Waals surface area contributed by atoms with Crippen molar-refractivity contribution in [3.63, 3.8) is 0 Å². The van der Waals surface area contributed by atoms with E-state index in [1.165, 1.54) is 12.7 Å². The Hall–Kier alpha value is -3.60. The van der Waals surface area contributed by atoms with Crippen LogP contribution in [-0.2, 0) is 28.9 Å². The second-order valence-electron chi connectivity index (χ2n) is 8.76. The Balaban J connectivity index is 1.76. The van der Waals surface area contributed by atoms with Gasteiger partial charge in [0.15, 0.2) is 0 Å². The molecule has 0 saturated carbocycles. The van der Waals surface area contributed by atoms with E-state index >= 15 is 0 Å². The van der Waals surface area contributed by atoms with Gasteiger partial charge in [0, 0.05) is 0 Å². The summed E-state index contributed by atoms with van der Waals surface area (Å²) in [7, 11) is 1.36. The van der Waals surface area contributed by atoms with Gasteiger partial charge in [0.2, 0.25) is 0 Å². The van der Waals surface area contributed by atoms with Crippen LogP contribution in [0.2, 0.25) is 0 Å². The first-order valence-corrected chi connectivity index (χ1v) is 11.0. The molecule has 0 saturated heterocycles. The summed E-state index contributed by atoms with van der Waals surface area (Å²) in [5.41, 5.74) is 3.35. The molecule has 5 heteroatoms. The van der Waals surface area contributed by atoms with Crippen LogP contribution in [-0.4, -0.2) is 24.6 Å². The van der Waals surface area contributed by atoms with Crippen molar-refractivity contribution in [2.24, 2.45) is 0 Å². The van der Waals surface area contributed by atoms with Gasteiger partial charge < -0.3 is 14.2 Å². The fraction of sp³-hybridized carbons (Fsp3) is 0.286. The third-order valence-corrected chi connectivity index (χ3v) is 5.00. The quantitative estimate of drug-likeness (QED) is 0.410. The second-order valence-corrected chi connectivity index (χ2v) is 8.76. The lowest BCUT2D eigenvalue weighted by molar-refractivity contribution is 0.00692. The molecule has 172 valence electrons. The van der Waals surface area contributed by atoms with Crippen molar-refractivity contribution in [3.05, 3.63) is 101 Å². The van der Waals surface area contributed by atoms with Crippen LogP contribution >= 0.6 is 0 Å². The van der Waals surface area contributed by atoms with Gasteiger partial charge in [-0.1, -0.05) is 54.6 Å². The lowest BCUT2D eigenvalue weighted by Gasteiger charge is -2.19. The largest absolute Gasteiger partial charge is 0.488 e. The smallest absolute Gasteiger partial charge is 0.341 e. The van der Waals surface area contributed by atoms with Gasteiger partial charge in [0.25, 0.3) is 0 Å². The highest BCUT2D eigenvalue weighted by Crippen LogP contribution is 2.27. The number of aryl methyl sites for hydroxylation is 2. The number of carbonyl (C=O) groups excluding carboxylic acids is 2. The van der Waals surface area contributed by atoms with Crippen LogP contribution in [0.4, 0.5) is 0 Å². The number of para-hydroxylation sites is 1. The summed E-state index contributed by atoms with van der Waals surface area (Å²) < 4.78 is 16.5. The standard InChI is InChI=1S/C28H30O5/c1-28(2,3)33-26(29)23-17-14-21(15-18-23)19-32-25-22(11-8-12-24(25)27(30)31-4)16-13-20-9-6-5-7-10-20/h5-12,14-15,17-18H,13,16,19H2,1-4H3. The number of hydrogen-bond acceptors (Lipinski definition) is 5. The van der Waals surface area contributed by atoms with Crippen LogP contribution in [0.5, 0.6) is 5.75 Å². The van der Waals surface area contributed by atoms with Crippen molar-refractivity contribution < 1.29 is 23.8 Å². The molecule has 0 spiro atoms. The number of hydrogen-bond donors (Lipinski definition) is 0. The molecule has 0 atom stereocenters. The molecule has 3 aromatic rings. The zero-order chi connectivity index (χ0) is 23.8. The number of benzene rings is 3. The van der Waals surface area contributed by atoms with Crippen LogP contribution in [0.25, 0.3) is 0 Å². The van der Waals surface area contributed by atoms with Gasteiger partial charge in [-0.2, -0.15) is 0 Å². The Labute approximate surface area is 195 Å². The maximum atomic E-state index is 12.4. The lowest BCUT2D eigenvalue weighted by Crippen LogP contribution is -2.23. The number of carbonyl (C=O) groups is 2. The van der Waals surface area contributed by atoms with Gasteiger partial charge in [0.05, 0.1) is 12.7 Å². The molecule has 3 rings (SSSR count). The molecule has 0 aliphatic rings. The molecule has 0 aliphatic carbocycles. The summed E-state index contributed by atoms with van der Waals surface area (Å²) in [5, 5.41) is 0. The highest BCUT2D eigenvalue weighted by Gasteiger charge is 2.19. The van der Waals surface area contributed by atoms with E-state index in [0.29, 0.717) is 16.9 Å². The van der Waals surface area contributed by atoms with Crippen LogP contribution in [0.1, 0.15) is 58.2 Å². The summed E-state index contributed by atoms with van der Waals surface area (Å²) in [6, 6.07) is 22.8. The molecule has 0 aromatic heterocycles. The van der Waals surface area contributed by atoms with Crippen molar-refractivity contribution >= 4 is 11.9 Å². The molecule has 0 aliphatic heterocycles. The lowest BCUT2D eigenvalue weighted by atomic mass is 10.0. The Morgan fingerprint density at radius 2 is 1.45 bits per heavy atom. The normalized spacial score (nSPS) is 11.0. The average molecular weight is 447 g/mol. The van der Waals surface area contributed by atoms with Crippen LogP contribution in [0.3, 0.4) is 0 Å². The van der Waals surface area contributed by atoms with Crippen molar-refractivity contribution in [2.45, 2.75) is 45.8 Å². The number of ether oxygens (including phenoxy) is 3. The number of methoxy groups -OCH3 is 1. The minimum atomic E-state index is -0.549. The molecule has 0 bridgehead atoms. The van der Waals surface area contributed by atoms with Gasteiger partial charge in [-0.15, -0.1) is 0 Å². The van der Waals surface area contributed by atoms with Crippen LogP contribution < -0.4 is 4.74 Å². The van der Waals surface area contributed by atoms with Crippen LogP contribution in [0, 0.1) is 0 Å². The summed E-state index contributed by atoms with van der Waals surface area (Å²) in [6.07, 6.45) is 1.55. The Kier molecular flexibility index (Phi) is 7.88. The van der Waals surface area contributed by atoms with Gasteiger partial charge in [-0.25, -0.2) is 9.59 Å². The van der Waals surface area contributed by atoms with E-state index in [4.69, 9.17) is 14.2 Å². The highest BCUT2D eigenvalue weighted by atomic mass is 16.6. The van der Waals surface area contributed by atoms with E-state index in [1.807, 2.05) is 63.2 Å². The average Bonchev–Trinajstić information content (AvgIpc) is 2.81. The molecule has 0 radical (unpaired) electrons. The molecule has 0 heterocycles. The van der Waals surface area contributed by atoms with Crippen molar-refractivity contribution in [1.82, 2.24) is 0 Å². The zero-order valence-corrected chi connectivity index (χ0v) is 19.6. The molecule has 5 nitrogen and oxygen atoms in total. The summed E-state index contributed by atoms with van der Waals surface area (Å²) in [6.45, 7) is 5.75. The first-order valence-electron chi connectivity index (χ1n) is 11.0. The van der Waals surface area contributed by atoms with E-state index in [1.54, 1.807) is 18.2 Å². The predicted molar refractivity (Wildman–Crippen MR) is 128 cm³/mol. The van der Waals surface area contributed by atoms with E-state index in [9.17, 15) is 9.59 Å². The third kappa shape index (κ3) is 6.94. The summed E-state index contributed by atoms with van der Waals surface area (Å²) >= 11 is 0. The van der Waals surface area contributed by atoms with Gasteiger partial charge in [-0.05, 0) is 68.5 Å². The van der Waals surface area contributed by atoms with Gasteiger partial charge in [-0.3, -0.25) is 0 Å². The van der Waals surface area contributed by atoms with Crippen LogP contribution in [0.15, 0.2) is 72.8 Å². The third-order valence-electron chi connectivity index (χ3n) is 5.00. The molecular formula is C28H30O5. The first-order chi connectivity index (χ1) is 15.8. The van der Waals surface area contributed by atoms with Crippen molar-refractivity contribution in [3.8, 4) is 5.75 Å². The van der Waals surface area contributed by atoms with Crippen molar-refractivity contribution in [1.29, 1.82) is 0 Å². The first kappa shape index (κ1) is 24.1. The van der Waals surface area contributed by atoms with E-state index in [-0.39, 0.29) is 12.6 Å². The van der Waals surface area contributed by atoms with Gasteiger partial charge >= 0.3 is 11.9 Å². The second kappa shape index (κ2) is 10.8. The van der Waals surface area contributed by atoms with Crippen molar-refractivity contribution in [2.75, 3.05) is 7.11 Å². The minimum absolute atomic E-state index is 0.251. The van der Waals surface area contributed by atoms with E-state index in [0.717, 1.165) is 24.0 Å². The topological polar surface area (TPSA) is 61.8 Å². The Bertz CT molecular complexity index is 1080. The van der Waals surface area contributed by atoms with Gasteiger partial charge in [0.1, 0.15) is 23.5 Å². The fourth-order valence-corrected chi connectivity index (χ4v) is 3.38. The SMILES string of the molecule is COC(=O)c1cccc(CCc2ccccc2)c1OCc1ccc(C(=O)OC(C)(C)C)cc1. The molecule has 0 N–H and O–H groups in total. The molecule has 0 fully saturated rings. The zero-order valence-electron chi connectivity index (χ0n) is 19.6. The molecule has 0 unspecified atom stereocenters. The maximum Gasteiger partial charge on any atom is 0.341 e.